The Labute approximate surface area is 156 Å². The van der Waals surface area contributed by atoms with Crippen molar-refractivity contribution in [1.82, 2.24) is 4.57 Å². The fourth-order valence-corrected chi connectivity index (χ4v) is 2.90. The Morgan fingerprint density at radius 2 is 1.89 bits per heavy atom. The average Bonchev–Trinajstić information content (AvgIpc) is 2.98. The van der Waals surface area contributed by atoms with E-state index in [2.05, 4.69) is 5.32 Å². The van der Waals surface area contributed by atoms with Gasteiger partial charge < -0.3 is 15.6 Å². The van der Waals surface area contributed by atoms with Crippen LogP contribution in [0, 0.1) is 18.3 Å². The molecule has 3 aromatic rings. The summed E-state index contributed by atoms with van der Waals surface area (Å²) in [6, 6.07) is 16.7. The Hall–Kier alpha value is -3.85. The smallest absolute Gasteiger partial charge is 0.266 e. The zero-order chi connectivity index (χ0) is 19.4. The number of anilines is 1. The minimum Gasteiger partial charge on any atom is -0.368 e. The van der Waals surface area contributed by atoms with E-state index in [4.69, 9.17) is 5.73 Å². The number of fused-ring (bicyclic) bond motifs is 1. The molecule has 0 spiro atoms. The Morgan fingerprint density at radius 3 is 2.59 bits per heavy atom. The lowest BCUT2D eigenvalue weighted by Gasteiger charge is -2.07. The first-order valence-electron chi connectivity index (χ1n) is 8.34. The summed E-state index contributed by atoms with van der Waals surface area (Å²) >= 11 is 0. The summed E-state index contributed by atoms with van der Waals surface area (Å²) < 4.78 is 1.71. The number of nitrogens with zero attached hydrogens (tertiary/aromatic N) is 2. The van der Waals surface area contributed by atoms with E-state index in [0.29, 0.717) is 11.3 Å². The molecule has 6 heteroatoms. The molecule has 1 heterocycles. The molecule has 0 aliphatic carbocycles. The zero-order valence-corrected chi connectivity index (χ0v) is 14.8. The van der Waals surface area contributed by atoms with Crippen LogP contribution in [0.4, 0.5) is 5.69 Å². The lowest BCUT2D eigenvalue weighted by molar-refractivity contribution is -0.118. The van der Waals surface area contributed by atoms with Crippen LogP contribution in [-0.4, -0.2) is 16.4 Å². The van der Waals surface area contributed by atoms with Gasteiger partial charge in [0.25, 0.3) is 5.91 Å². The highest BCUT2D eigenvalue weighted by atomic mass is 16.2. The van der Waals surface area contributed by atoms with Crippen LogP contribution < -0.4 is 11.1 Å². The maximum atomic E-state index is 12.5. The fraction of sp³-hybridized carbons (Fsp3) is 0.0952. The molecule has 27 heavy (non-hydrogen) atoms. The van der Waals surface area contributed by atoms with Gasteiger partial charge in [-0.15, -0.1) is 0 Å². The summed E-state index contributed by atoms with van der Waals surface area (Å²) in [6.07, 6.45) is 3.24. The molecule has 1 aromatic heterocycles. The quantitative estimate of drug-likeness (QED) is 0.541. The van der Waals surface area contributed by atoms with E-state index in [1.807, 2.05) is 55.5 Å². The van der Waals surface area contributed by atoms with Crippen LogP contribution in [0.15, 0.2) is 60.3 Å². The highest BCUT2D eigenvalue weighted by Gasteiger charge is 2.14. The van der Waals surface area contributed by atoms with Crippen molar-refractivity contribution >= 4 is 34.5 Å². The number of hydrogen-bond donors (Lipinski definition) is 2. The van der Waals surface area contributed by atoms with E-state index < -0.39 is 11.8 Å². The Kier molecular flexibility index (Phi) is 5.04. The minimum atomic E-state index is -0.487. The summed E-state index contributed by atoms with van der Waals surface area (Å²) in [5.41, 5.74) is 8.31. The number of para-hydroxylation sites is 2. The Morgan fingerprint density at radius 1 is 1.19 bits per heavy atom. The first-order valence-corrected chi connectivity index (χ1v) is 8.34. The SMILES string of the molecule is Cc1ccccc1NC(=O)/C(C#N)=C\c1cn(CC(N)=O)c2ccccc12. The summed E-state index contributed by atoms with van der Waals surface area (Å²) in [5, 5.41) is 13.1. The van der Waals surface area contributed by atoms with Crippen molar-refractivity contribution in [2.24, 2.45) is 5.73 Å². The molecule has 0 saturated carbocycles. The van der Waals surface area contributed by atoms with E-state index >= 15 is 0 Å². The number of hydrogen-bond acceptors (Lipinski definition) is 3. The maximum Gasteiger partial charge on any atom is 0.266 e. The highest BCUT2D eigenvalue weighted by Crippen LogP contribution is 2.24. The number of amides is 2. The van der Waals surface area contributed by atoms with Crippen LogP contribution in [0.5, 0.6) is 0 Å². The van der Waals surface area contributed by atoms with E-state index in [1.165, 1.54) is 6.08 Å². The maximum absolute atomic E-state index is 12.5. The van der Waals surface area contributed by atoms with Gasteiger partial charge in [-0.3, -0.25) is 9.59 Å². The van der Waals surface area contributed by atoms with Crippen molar-refractivity contribution in [2.45, 2.75) is 13.5 Å². The highest BCUT2D eigenvalue weighted by molar-refractivity contribution is 6.11. The number of aromatic nitrogens is 1. The molecule has 0 fully saturated rings. The molecule has 2 aromatic carbocycles. The molecule has 0 unspecified atom stereocenters. The van der Waals surface area contributed by atoms with Crippen LogP contribution in [-0.2, 0) is 16.1 Å². The molecule has 0 atom stereocenters. The van der Waals surface area contributed by atoms with Gasteiger partial charge in [-0.1, -0.05) is 36.4 Å². The van der Waals surface area contributed by atoms with Crippen LogP contribution in [0.25, 0.3) is 17.0 Å². The van der Waals surface area contributed by atoms with Gasteiger partial charge in [0, 0.05) is 28.4 Å². The molecule has 3 rings (SSSR count). The van der Waals surface area contributed by atoms with Crippen molar-refractivity contribution in [3.63, 3.8) is 0 Å². The second kappa shape index (κ2) is 7.58. The van der Waals surface area contributed by atoms with E-state index in [-0.39, 0.29) is 12.1 Å². The molecule has 3 N–H and O–H groups in total. The molecule has 6 nitrogen and oxygen atoms in total. The molecule has 0 aliphatic heterocycles. The predicted molar refractivity (Wildman–Crippen MR) is 105 cm³/mol. The second-order valence-corrected chi connectivity index (χ2v) is 6.13. The lowest BCUT2D eigenvalue weighted by atomic mass is 10.1. The molecular formula is C21H18N4O2. The molecular weight excluding hydrogens is 340 g/mol. The molecule has 0 aliphatic rings. The van der Waals surface area contributed by atoms with Gasteiger partial charge in [0.2, 0.25) is 5.91 Å². The Balaban J connectivity index is 1.98. The lowest BCUT2D eigenvalue weighted by Crippen LogP contribution is -2.17. The monoisotopic (exact) mass is 358 g/mol. The first-order chi connectivity index (χ1) is 13.0. The van der Waals surface area contributed by atoms with E-state index in [0.717, 1.165) is 16.5 Å². The van der Waals surface area contributed by atoms with Gasteiger partial charge in [0.05, 0.1) is 0 Å². The average molecular weight is 358 g/mol. The zero-order valence-electron chi connectivity index (χ0n) is 14.8. The summed E-state index contributed by atoms with van der Waals surface area (Å²) in [7, 11) is 0. The van der Waals surface area contributed by atoms with Gasteiger partial charge in [0.1, 0.15) is 18.2 Å². The van der Waals surface area contributed by atoms with Crippen molar-refractivity contribution in [3.05, 3.63) is 71.4 Å². The molecule has 0 bridgehead atoms. The third-order valence-electron chi connectivity index (χ3n) is 4.20. The van der Waals surface area contributed by atoms with Crippen molar-refractivity contribution in [3.8, 4) is 6.07 Å². The number of carbonyl (C=O) groups is 2. The number of rotatable bonds is 5. The third-order valence-corrected chi connectivity index (χ3v) is 4.20. The number of primary amides is 1. The fourth-order valence-electron chi connectivity index (χ4n) is 2.90. The number of nitrogens with two attached hydrogens (primary N) is 1. The standard InChI is InChI=1S/C21H18N4O2/c1-14-6-2-4-8-18(14)24-21(27)15(11-22)10-16-12-25(13-20(23)26)19-9-5-3-7-17(16)19/h2-10,12H,13H2,1H3,(H2,23,26)(H,24,27)/b15-10-. The minimum absolute atomic E-state index is 0.0195. The molecule has 0 radical (unpaired) electrons. The number of nitriles is 1. The van der Waals surface area contributed by atoms with Gasteiger partial charge in [-0.25, -0.2) is 0 Å². The predicted octanol–water partition coefficient (Wildman–Crippen LogP) is 2.98. The molecule has 134 valence electrons. The van der Waals surface area contributed by atoms with Crippen molar-refractivity contribution in [1.29, 1.82) is 5.26 Å². The number of carbonyl (C=O) groups excluding carboxylic acids is 2. The van der Waals surface area contributed by atoms with E-state index in [9.17, 15) is 14.9 Å². The summed E-state index contributed by atoms with van der Waals surface area (Å²) in [5.74, 6) is -0.956. The van der Waals surface area contributed by atoms with Crippen LogP contribution in [0.1, 0.15) is 11.1 Å². The van der Waals surface area contributed by atoms with E-state index in [1.54, 1.807) is 16.8 Å². The largest absolute Gasteiger partial charge is 0.368 e. The second-order valence-electron chi connectivity index (χ2n) is 6.13. The van der Waals surface area contributed by atoms with Crippen LogP contribution in [0.2, 0.25) is 0 Å². The van der Waals surface area contributed by atoms with Gasteiger partial charge in [-0.05, 0) is 30.7 Å². The third kappa shape index (κ3) is 3.88. The number of aryl methyl sites for hydroxylation is 1. The summed E-state index contributed by atoms with van der Waals surface area (Å²) in [6.45, 7) is 1.90. The number of benzene rings is 2. The Bertz CT molecular complexity index is 1100. The van der Waals surface area contributed by atoms with Crippen molar-refractivity contribution < 1.29 is 9.59 Å². The topological polar surface area (TPSA) is 101 Å². The van der Waals surface area contributed by atoms with Gasteiger partial charge >= 0.3 is 0 Å². The molecule has 2 amide bonds. The first kappa shape index (κ1) is 18.0. The van der Waals surface area contributed by atoms with Gasteiger partial charge in [0.15, 0.2) is 0 Å². The van der Waals surface area contributed by atoms with Gasteiger partial charge in [-0.2, -0.15) is 5.26 Å². The van der Waals surface area contributed by atoms with Crippen molar-refractivity contribution in [2.75, 3.05) is 5.32 Å². The normalized spacial score (nSPS) is 11.2. The summed E-state index contributed by atoms with van der Waals surface area (Å²) in [4.78, 5) is 23.9. The van der Waals surface area contributed by atoms with Crippen LogP contribution in [0.3, 0.4) is 0 Å². The molecule has 0 saturated heterocycles. The van der Waals surface area contributed by atoms with Crippen LogP contribution >= 0.6 is 0 Å². The number of nitrogens with one attached hydrogen (secondary N) is 1.